The minimum Gasteiger partial charge on any atom is -0.494 e. The highest BCUT2D eigenvalue weighted by Gasteiger charge is 2.15. The van der Waals surface area contributed by atoms with Crippen LogP contribution in [0, 0.1) is 5.82 Å². The summed E-state index contributed by atoms with van der Waals surface area (Å²) in [5, 5.41) is -0.195. The van der Waals surface area contributed by atoms with Gasteiger partial charge in [-0.05, 0) is 22.0 Å². The number of halogens is 3. The van der Waals surface area contributed by atoms with Gasteiger partial charge in [-0.1, -0.05) is 11.6 Å². The van der Waals surface area contributed by atoms with Gasteiger partial charge in [-0.25, -0.2) is 4.39 Å². The lowest BCUT2D eigenvalue weighted by atomic mass is 10.2. The van der Waals surface area contributed by atoms with Gasteiger partial charge in [0, 0.05) is 0 Å². The maximum absolute atomic E-state index is 13.2. The molecule has 0 aliphatic rings. The largest absolute Gasteiger partial charge is 0.494 e. The smallest absolute Gasteiger partial charge is 0.156 e. The minimum absolute atomic E-state index is 0.0994. The van der Waals surface area contributed by atoms with E-state index >= 15 is 0 Å². The van der Waals surface area contributed by atoms with Gasteiger partial charge in [-0.3, -0.25) is 4.79 Å². The van der Waals surface area contributed by atoms with E-state index in [2.05, 4.69) is 15.9 Å². The topological polar surface area (TPSA) is 26.3 Å². The number of hydrogen-bond acceptors (Lipinski definition) is 2. The Morgan fingerprint density at radius 3 is 2.77 bits per heavy atom. The van der Waals surface area contributed by atoms with Crippen molar-refractivity contribution in [1.29, 1.82) is 0 Å². The highest BCUT2D eigenvalue weighted by molar-refractivity contribution is 9.10. The van der Waals surface area contributed by atoms with E-state index in [4.69, 9.17) is 16.3 Å². The van der Waals surface area contributed by atoms with Crippen molar-refractivity contribution in [2.75, 3.05) is 7.11 Å². The van der Waals surface area contributed by atoms with Crippen molar-refractivity contribution in [2.45, 2.75) is 0 Å². The molecule has 0 aliphatic heterocycles. The molecular weight excluding hydrogens is 262 g/mol. The first-order chi connectivity index (χ1) is 6.11. The highest BCUT2D eigenvalue weighted by Crippen LogP contribution is 2.36. The van der Waals surface area contributed by atoms with Gasteiger partial charge in [-0.2, -0.15) is 0 Å². The Balaban J connectivity index is 3.45. The molecule has 0 radical (unpaired) electrons. The molecule has 0 saturated carbocycles. The standard InChI is InChI=1S/C8H5BrClFO2/c1-13-8-5(9)2-4(3-12)7(11)6(8)10/h2-3H,1H3. The molecule has 1 aromatic rings. The van der Waals surface area contributed by atoms with Crippen molar-refractivity contribution in [1.82, 2.24) is 0 Å². The summed E-state index contributed by atoms with van der Waals surface area (Å²) in [6, 6.07) is 1.31. The normalized spacial score (nSPS) is 9.85. The zero-order chi connectivity index (χ0) is 10.0. The quantitative estimate of drug-likeness (QED) is 0.608. The highest BCUT2D eigenvalue weighted by atomic mass is 79.9. The first-order valence-corrected chi connectivity index (χ1v) is 4.45. The predicted octanol–water partition coefficient (Wildman–Crippen LogP) is 3.06. The second-order valence-electron chi connectivity index (χ2n) is 2.23. The number of methoxy groups -OCH3 is 1. The summed E-state index contributed by atoms with van der Waals surface area (Å²) in [7, 11) is 1.37. The third-order valence-electron chi connectivity index (χ3n) is 1.48. The van der Waals surface area contributed by atoms with Gasteiger partial charge < -0.3 is 4.74 Å². The van der Waals surface area contributed by atoms with E-state index in [1.54, 1.807) is 0 Å². The molecule has 1 rings (SSSR count). The Morgan fingerprint density at radius 1 is 1.69 bits per heavy atom. The summed E-state index contributed by atoms with van der Waals surface area (Å²) in [5.41, 5.74) is -0.0994. The molecule has 0 fully saturated rings. The van der Waals surface area contributed by atoms with E-state index in [1.807, 2.05) is 0 Å². The maximum atomic E-state index is 13.2. The van der Waals surface area contributed by atoms with E-state index in [9.17, 15) is 9.18 Å². The van der Waals surface area contributed by atoms with E-state index in [0.29, 0.717) is 10.8 Å². The Kier molecular flexibility index (Phi) is 3.27. The van der Waals surface area contributed by atoms with Crippen molar-refractivity contribution < 1.29 is 13.9 Å². The van der Waals surface area contributed by atoms with E-state index in [-0.39, 0.29) is 16.3 Å². The predicted molar refractivity (Wildman–Crippen MR) is 51.0 cm³/mol. The Bertz CT molecular complexity index is 354. The lowest BCUT2D eigenvalue weighted by molar-refractivity contribution is 0.111. The van der Waals surface area contributed by atoms with Crippen LogP contribution >= 0.6 is 27.5 Å². The maximum Gasteiger partial charge on any atom is 0.156 e. The minimum atomic E-state index is -0.767. The van der Waals surface area contributed by atoms with Crippen LogP contribution in [0.2, 0.25) is 5.02 Å². The van der Waals surface area contributed by atoms with Crippen LogP contribution in [0.1, 0.15) is 10.4 Å². The fraction of sp³-hybridized carbons (Fsp3) is 0.125. The Labute approximate surface area is 87.8 Å². The van der Waals surface area contributed by atoms with E-state index < -0.39 is 5.82 Å². The number of aldehydes is 1. The molecule has 0 unspecified atom stereocenters. The lowest BCUT2D eigenvalue weighted by Crippen LogP contribution is -1.94. The molecule has 0 atom stereocenters. The molecule has 0 spiro atoms. The zero-order valence-corrected chi connectivity index (χ0v) is 8.95. The number of carbonyl (C=O) groups is 1. The molecule has 1 aromatic carbocycles. The number of carbonyl (C=O) groups excluding carboxylic acids is 1. The molecule has 0 N–H and O–H groups in total. The average molecular weight is 267 g/mol. The number of ether oxygens (including phenoxy) is 1. The molecular formula is C8H5BrClFO2. The Morgan fingerprint density at radius 2 is 2.31 bits per heavy atom. The van der Waals surface area contributed by atoms with Gasteiger partial charge in [0.15, 0.2) is 17.9 Å². The molecule has 13 heavy (non-hydrogen) atoms. The van der Waals surface area contributed by atoms with E-state index in [1.165, 1.54) is 13.2 Å². The van der Waals surface area contributed by atoms with Crippen molar-refractivity contribution in [3.8, 4) is 5.75 Å². The van der Waals surface area contributed by atoms with Crippen molar-refractivity contribution in [3.63, 3.8) is 0 Å². The van der Waals surface area contributed by atoms with Crippen molar-refractivity contribution >= 4 is 33.8 Å². The Hall–Kier alpha value is -0.610. The van der Waals surface area contributed by atoms with Crippen LogP contribution in [0.3, 0.4) is 0 Å². The van der Waals surface area contributed by atoms with Gasteiger partial charge in [0.2, 0.25) is 0 Å². The first kappa shape index (κ1) is 10.5. The van der Waals surface area contributed by atoms with Gasteiger partial charge in [-0.15, -0.1) is 0 Å². The third-order valence-corrected chi connectivity index (χ3v) is 2.40. The van der Waals surface area contributed by atoms with Gasteiger partial charge in [0.05, 0.1) is 17.1 Å². The fourth-order valence-corrected chi connectivity index (χ4v) is 1.88. The van der Waals surface area contributed by atoms with Crippen LogP contribution in [0.5, 0.6) is 5.75 Å². The summed E-state index contributed by atoms with van der Waals surface area (Å²) < 4.78 is 18.4. The zero-order valence-electron chi connectivity index (χ0n) is 6.61. The van der Waals surface area contributed by atoms with Crippen LogP contribution in [0.15, 0.2) is 10.5 Å². The van der Waals surface area contributed by atoms with Gasteiger partial charge in [0.1, 0.15) is 5.02 Å². The molecule has 0 aliphatic carbocycles. The van der Waals surface area contributed by atoms with Gasteiger partial charge in [0.25, 0.3) is 0 Å². The lowest BCUT2D eigenvalue weighted by Gasteiger charge is -2.07. The molecule has 0 saturated heterocycles. The average Bonchev–Trinajstić information content (AvgIpc) is 2.12. The van der Waals surface area contributed by atoms with Crippen LogP contribution in [-0.2, 0) is 0 Å². The van der Waals surface area contributed by atoms with Gasteiger partial charge >= 0.3 is 0 Å². The second kappa shape index (κ2) is 4.07. The first-order valence-electron chi connectivity index (χ1n) is 3.28. The van der Waals surface area contributed by atoms with Crippen LogP contribution in [0.25, 0.3) is 0 Å². The summed E-state index contributed by atoms with van der Waals surface area (Å²) in [6.07, 6.45) is 0.394. The third kappa shape index (κ3) is 1.84. The fourth-order valence-electron chi connectivity index (χ4n) is 0.870. The van der Waals surface area contributed by atoms with Crippen molar-refractivity contribution in [3.05, 3.63) is 26.9 Å². The summed E-state index contributed by atoms with van der Waals surface area (Å²) in [6.45, 7) is 0. The molecule has 0 aromatic heterocycles. The molecule has 0 amide bonds. The molecule has 2 nitrogen and oxygen atoms in total. The number of rotatable bonds is 2. The molecule has 0 bridgehead atoms. The summed E-state index contributed by atoms with van der Waals surface area (Å²) in [5.74, 6) is -0.582. The monoisotopic (exact) mass is 266 g/mol. The van der Waals surface area contributed by atoms with Crippen molar-refractivity contribution in [2.24, 2.45) is 0 Å². The molecule has 70 valence electrons. The molecule has 0 heterocycles. The molecule has 5 heteroatoms. The van der Waals surface area contributed by atoms with E-state index in [0.717, 1.165) is 0 Å². The second-order valence-corrected chi connectivity index (χ2v) is 3.46. The number of benzene rings is 1. The summed E-state index contributed by atoms with van der Waals surface area (Å²) in [4.78, 5) is 10.4. The van der Waals surface area contributed by atoms with Crippen LogP contribution in [-0.4, -0.2) is 13.4 Å². The van der Waals surface area contributed by atoms with Crippen LogP contribution < -0.4 is 4.74 Å². The number of hydrogen-bond donors (Lipinski definition) is 0. The SMILES string of the molecule is COc1c(Br)cc(C=O)c(F)c1Cl. The summed E-state index contributed by atoms with van der Waals surface area (Å²) >= 11 is 8.69. The van der Waals surface area contributed by atoms with Crippen LogP contribution in [0.4, 0.5) is 4.39 Å².